The Bertz CT molecular complexity index is 505. The molecule has 0 bridgehead atoms. The standard InChI is InChI=1S/C13H15NO2S2/c1-2-13(16)14-8-9(15)10-5-6-12(18-10)11-4-3-7-17-11/h3-7,9,15H,2,8H2,1H3,(H,14,16). The molecule has 2 rings (SSSR count). The lowest BCUT2D eigenvalue weighted by molar-refractivity contribution is -0.121. The van der Waals surface area contributed by atoms with Crippen molar-refractivity contribution in [3.63, 3.8) is 0 Å². The summed E-state index contributed by atoms with van der Waals surface area (Å²) in [5.41, 5.74) is 0. The summed E-state index contributed by atoms with van der Waals surface area (Å²) < 4.78 is 0. The van der Waals surface area contributed by atoms with E-state index >= 15 is 0 Å². The number of thiophene rings is 2. The molecule has 2 aromatic heterocycles. The highest BCUT2D eigenvalue weighted by atomic mass is 32.1. The zero-order chi connectivity index (χ0) is 13.0. The van der Waals surface area contributed by atoms with Gasteiger partial charge in [0.25, 0.3) is 0 Å². The van der Waals surface area contributed by atoms with Gasteiger partial charge >= 0.3 is 0 Å². The molecule has 0 saturated carbocycles. The number of amides is 1. The maximum absolute atomic E-state index is 11.1. The normalized spacial score (nSPS) is 12.3. The van der Waals surface area contributed by atoms with E-state index in [0.29, 0.717) is 6.42 Å². The van der Waals surface area contributed by atoms with Gasteiger partial charge in [0.05, 0.1) is 0 Å². The minimum atomic E-state index is -0.626. The highest BCUT2D eigenvalue weighted by molar-refractivity contribution is 7.21. The molecule has 96 valence electrons. The lowest BCUT2D eigenvalue weighted by atomic mass is 10.2. The summed E-state index contributed by atoms with van der Waals surface area (Å²) >= 11 is 3.25. The molecule has 5 heteroatoms. The van der Waals surface area contributed by atoms with Crippen molar-refractivity contribution in [2.75, 3.05) is 6.54 Å². The molecule has 0 aliphatic carbocycles. The maximum atomic E-state index is 11.1. The predicted molar refractivity (Wildman–Crippen MR) is 75.9 cm³/mol. The van der Waals surface area contributed by atoms with E-state index in [1.54, 1.807) is 29.6 Å². The van der Waals surface area contributed by atoms with Crippen molar-refractivity contribution in [3.05, 3.63) is 34.5 Å². The van der Waals surface area contributed by atoms with Gasteiger partial charge in [0.2, 0.25) is 5.91 Å². The lowest BCUT2D eigenvalue weighted by Crippen LogP contribution is -2.27. The van der Waals surface area contributed by atoms with Crippen LogP contribution in [0.4, 0.5) is 0 Å². The van der Waals surface area contributed by atoms with Crippen LogP contribution >= 0.6 is 22.7 Å². The van der Waals surface area contributed by atoms with E-state index in [0.717, 1.165) is 9.75 Å². The summed E-state index contributed by atoms with van der Waals surface area (Å²) in [4.78, 5) is 14.4. The maximum Gasteiger partial charge on any atom is 0.219 e. The molecule has 0 radical (unpaired) electrons. The first-order valence-electron chi connectivity index (χ1n) is 5.79. The summed E-state index contributed by atoms with van der Waals surface area (Å²) in [6.07, 6.45) is -0.184. The van der Waals surface area contributed by atoms with Gasteiger partial charge in [-0.2, -0.15) is 0 Å². The van der Waals surface area contributed by atoms with E-state index in [1.165, 1.54) is 4.88 Å². The summed E-state index contributed by atoms with van der Waals surface area (Å²) in [6, 6.07) is 8.00. The summed E-state index contributed by atoms with van der Waals surface area (Å²) in [6.45, 7) is 2.07. The van der Waals surface area contributed by atoms with Crippen LogP contribution in [0.5, 0.6) is 0 Å². The van der Waals surface area contributed by atoms with Gasteiger partial charge in [0.1, 0.15) is 6.10 Å². The highest BCUT2D eigenvalue weighted by Gasteiger charge is 2.12. The molecule has 0 spiro atoms. The average Bonchev–Trinajstić information content (AvgIpc) is 3.04. The van der Waals surface area contributed by atoms with E-state index in [1.807, 2.05) is 23.6 Å². The van der Waals surface area contributed by atoms with Crippen molar-refractivity contribution in [2.24, 2.45) is 0 Å². The SMILES string of the molecule is CCC(=O)NCC(O)c1ccc(-c2cccs2)s1. The average molecular weight is 281 g/mol. The Morgan fingerprint density at radius 3 is 2.89 bits per heavy atom. The molecule has 2 N–H and O–H groups in total. The first kappa shape index (κ1) is 13.3. The van der Waals surface area contributed by atoms with Gasteiger partial charge in [-0.05, 0) is 23.6 Å². The van der Waals surface area contributed by atoms with Crippen LogP contribution in [0.25, 0.3) is 9.75 Å². The quantitative estimate of drug-likeness (QED) is 0.885. The van der Waals surface area contributed by atoms with Crippen LogP contribution in [-0.2, 0) is 4.79 Å². The molecule has 2 heterocycles. The molecule has 1 unspecified atom stereocenters. The summed E-state index contributed by atoms with van der Waals surface area (Å²) in [7, 11) is 0. The molecule has 3 nitrogen and oxygen atoms in total. The molecule has 18 heavy (non-hydrogen) atoms. The van der Waals surface area contributed by atoms with Crippen LogP contribution in [0.3, 0.4) is 0 Å². The van der Waals surface area contributed by atoms with Crippen LogP contribution in [0, 0.1) is 0 Å². The molecule has 0 saturated heterocycles. The van der Waals surface area contributed by atoms with Gasteiger partial charge in [-0.3, -0.25) is 4.79 Å². The van der Waals surface area contributed by atoms with Crippen molar-refractivity contribution in [1.29, 1.82) is 0 Å². The number of aliphatic hydroxyl groups is 1. The zero-order valence-corrected chi connectivity index (χ0v) is 11.7. The first-order chi connectivity index (χ1) is 8.70. The van der Waals surface area contributed by atoms with Crippen LogP contribution in [-0.4, -0.2) is 17.6 Å². The molecular formula is C13H15NO2S2. The second-order valence-electron chi connectivity index (χ2n) is 3.85. The fourth-order valence-corrected chi connectivity index (χ4v) is 3.35. The zero-order valence-electron chi connectivity index (χ0n) is 10.1. The lowest BCUT2D eigenvalue weighted by Gasteiger charge is -2.09. The molecule has 1 amide bonds. The highest BCUT2D eigenvalue weighted by Crippen LogP contribution is 2.33. The van der Waals surface area contributed by atoms with Crippen LogP contribution in [0.2, 0.25) is 0 Å². The largest absolute Gasteiger partial charge is 0.386 e. The monoisotopic (exact) mass is 281 g/mol. The van der Waals surface area contributed by atoms with Gasteiger partial charge in [-0.15, -0.1) is 22.7 Å². The number of rotatable bonds is 5. The minimum absolute atomic E-state index is 0.0379. The second kappa shape index (κ2) is 6.13. The topological polar surface area (TPSA) is 49.3 Å². The summed E-state index contributed by atoms with van der Waals surface area (Å²) in [5.74, 6) is -0.0379. The predicted octanol–water partition coefficient (Wildman–Crippen LogP) is 3.04. The van der Waals surface area contributed by atoms with Crippen LogP contribution in [0.15, 0.2) is 29.6 Å². The van der Waals surface area contributed by atoms with Crippen molar-refractivity contribution < 1.29 is 9.90 Å². The van der Waals surface area contributed by atoms with Crippen molar-refractivity contribution in [1.82, 2.24) is 5.32 Å². The number of aliphatic hydroxyl groups excluding tert-OH is 1. The van der Waals surface area contributed by atoms with Crippen molar-refractivity contribution in [2.45, 2.75) is 19.4 Å². The van der Waals surface area contributed by atoms with Crippen molar-refractivity contribution in [3.8, 4) is 9.75 Å². The molecule has 0 aromatic carbocycles. The Morgan fingerprint density at radius 1 is 1.39 bits per heavy atom. The number of hydrogen-bond acceptors (Lipinski definition) is 4. The van der Waals surface area contributed by atoms with Gasteiger partial charge in [-0.1, -0.05) is 13.0 Å². The van der Waals surface area contributed by atoms with Gasteiger partial charge < -0.3 is 10.4 Å². The molecule has 0 fully saturated rings. The van der Waals surface area contributed by atoms with Gasteiger partial charge in [-0.25, -0.2) is 0 Å². The van der Waals surface area contributed by atoms with E-state index in [2.05, 4.69) is 11.4 Å². The Balaban J connectivity index is 1.99. The molecule has 0 aliphatic heterocycles. The third-order valence-electron chi connectivity index (χ3n) is 2.53. The van der Waals surface area contributed by atoms with Crippen molar-refractivity contribution >= 4 is 28.6 Å². The Hall–Kier alpha value is -1.17. The fourth-order valence-electron chi connectivity index (χ4n) is 1.52. The fraction of sp³-hybridized carbons (Fsp3) is 0.308. The smallest absolute Gasteiger partial charge is 0.219 e. The van der Waals surface area contributed by atoms with E-state index in [9.17, 15) is 9.90 Å². The third-order valence-corrected chi connectivity index (χ3v) is 4.79. The molecular weight excluding hydrogens is 266 g/mol. The third kappa shape index (κ3) is 3.19. The van der Waals surface area contributed by atoms with Gasteiger partial charge in [0.15, 0.2) is 0 Å². The minimum Gasteiger partial charge on any atom is -0.386 e. The Labute approximate surface area is 114 Å². The number of nitrogens with one attached hydrogen (secondary N) is 1. The van der Waals surface area contributed by atoms with Crippen LogP contribution < -0.4 is 5.32 Å². The molecule has 0 aliphatic rings. The van der Waals surface area contributed by atoms with E-state index in [4.69, 9.17) is 0 Å². The summed E-state index contributed by atoms with van der Waals surface area (Å²) in [5, 5.41) is 14.7. The number of carbonyl (C=O) groups is 1. The Kier molecular flexibility index (Phi) is 4.52. The number of carbonyl (C=O) groups excluding carboxylic acids is 1. The van der Waals surface area contributed by atoms with E-state index in [-0.39, 0.29) is 12.5 Å². The Morgan fingerprint density at radius 2 is 2.22 bits per heavy atom. The van der Waals surface area contributed by atoms with E-state index < -0.39 is 6.10 Å². The van der Waals surface area contributed by atoms with Gasteiger partial charge in [0, 0.05) is 27.6 Å². The second-order valence-corrected chi connectivity index (χ2v) is 5.92. The first-order valence-corrected chi connectivity index (χ1v) is 7.48. The molecule has 1 atom stereocenters. The number of hydrogen-bond donors (Lipinski definition) is 2. The van der Waals surface area contributed by atoms with Crippen LogP contribution in [0.1, 0.15) is 24.3 Å². The molecule has 2 aromatic rings.